The topological polar surface area (TPSA) is 76.5 Å². The van der Waals surface area contributed by atoms with Gasteiger partial charge in [0.1, 0.15) is 5.78 Å². The van der Waals surface area contributed by atoms with Crippen molar-refractivity contribution in [3.63, 3.8) is 0 Å². The lowest BCUT2D eigenvalue weighted by Gasteiger charge is -2.39. The predicted molar refractivity (Wildman–Crippen MR) is 125 cm³/mol. The number of imide groups is 1. The van der Waals surface area contributed by atoms with Crippen LogP contribution in [0.25, 0.3) is 5.70 Å². The zero-order chi connectivity index (χ0) is 23.4. The summed E-state index contributed by atoms with van der Waals surface area (Å²) in [7, 11) is 1.62. The van der Waals surface area contributed by atoms with E-state index < -0.39 is 24.1 Å². The summed E-state index contributed by atoms with van der Waals surface area (Å²) in [4.78, 5) is 49.2. The predicted octanol–water partition coefficient (Wildman–Crippen LogP) is 2.97. The van der Waals surface area contributed by atoms with Crippen LogP contribution in [0.5, 0.6) is 0 Å². The number of aryl methyl sites for hydroxylation is 2. The minimum Gasteiger partial charge on any atom is -0.302 e. The summed E-state index contributed by atoms with van der Waals surface area (Å²) in [6.45, 7) is 5.22. The molecule has 168 valence electrons. The molecule has 0 bridgehead atoms. The Balaban J connectivity index is 1.63. The van der Waals surface area contributed by atoms with Crippen molar-refractivity contribution in [2.45, 2.75) is 33.0 Å². The molecule has 3 aliphatic rings. The number of carbonyl (C=O) groups is 3. The maximum atomic E-state index is 13.4. The van der Waals surface area contributed by atoms with Gasteiger partial charge in [0.2, 0.25) is 5.96 Å². The van der Waals surface area contributed by atoms with Crippen molar-refractivity contribution in [2.75, 3.05) is 18.5 Å². The largest absolute Gasteiger partial charge is 0.328 e. The molecule has 8 heteroatoms. The molecule has 2 aromatic rings. The second-order valence-electron chi connectivity index (χ2n) is 8.72. The third kappa shape index (κ3) is 3.21. The number of amides is 3. The quantitative estimate of drug-likeness (QED) is 0.726. The van der Waals surface area contributed by atoms with Gasteiger partial charge >= 0.3 is 6.03 Å². The smallest absolute Gasteiger partial charge is 0.302 e. The lowest BCUT2D eigenvalue weighted by molar-refractivity contribution is -0.139. The number of anilines is 1. The highest BCUT2D eigenvalue weighted by Crippen LogP contribution is 2.41. The Kier molecular flexibility index (Phi) is 4.81. The van der Waals surface area contributed by atoms with E-state index in [2.05, 4.69) is 6.07 Å². The Morgan fingerprint density at radius 2 is 1.79 bits per heavy atom. The first kappa shape index (κ1) is 20.9. The van der Waals surface area contributed by atoms with E-state index in [4.69, 9.17) is 4.99 Å². The zero-order valence-electron chi connectivity index (χ0n) is 19.0. The summed E-state index contributed by atoms with van der Waals surface area (Å²) in [5.41, 5.74) is 5.06. The van der Waals surface area contributed by atoms with Gasteiger partial charge in [0.15, 0.2) is 12.2 Å². The first-order valence-corrected chi connectivity index (χ1v) is 10.9. The molecule has 5 rings (SSSR count). The van der Waals surface area contributed by atoms with E-state index in [0.717, 1.165) is 33.0 Å². The molecule has 2 unspecified atom stereocenters. The van der Waals surface area contributed by atoms with Gasteiger partial charge in [0, 0.05) is 18.8 Å². The van der Waals surface area contributed by atoms with E-state index >= 15 is 0 Å². The number of ketones is 1. The second-order valence-corrected chi connectivity index (χ2v) is 8.72. The number of nitrogens with zero attached hydrogens (tertiary/aromatic N) is 5. The standard InChI is InChI=1S/C25H25N5O3/c1-15-10-11-19(16(2)12-15)30-20(18-8-6-5-7-9-18)14-28-21-22(26-24(28)30)27(4)25(33)29(23(21)32)13-17(3)31/h5-12,14,21-22H,13H2,1-4H3. The number of carbonyl (C=O) groups excluding carboxylic acids is 3. The number of likely N-dealkylation sites (N-methyl/N-ethyl adjacent to an activating group) is 1. The summed E-state index contributed by atoms with van der Waals surface area (Å²) in [5.74, 6) is -0.0711. The summed E-state index contributed by atoms with van der Waals surface area (Å²) in [6.07, 6.45) is 1.26. The molecule has 1 fully saturated rings. The summed E-state index contributed by atoms with van der Waals surface area (Å²) in [5, 5.41) is 0. The molecular formula is C25H25N5O3. The Morgan fingerprint density at radius 3 is 2.45 bits per heavy atom. The molecule has 33 heavy (non-hydrogen) atoms. The van der Waals surface area contributed by atoms with Crippen LogP contribution in [0.2, 0.25) is 0 Å². The molecule has 3 amide bonds. The number of aliphatic imine (C=N–C) groups is 1. The molecule has 2 atom stereocenters. The van der Waals surface area contributed by atoms with Gasteiger partial charge in [0.05, 0.1) is 17.9 Å². The van der Waals surface area contributed by atoms with Gasteiger partial charge in [-0.05, 0) is 32.4 Å². The van der Waals surface area contributed by atoms with Crippen molar-refractivity contribution in [3.8, 4) is 0 Å². The van der Waals surface area contributed by atoms with E-state index in [0.29, 0.717) is 5.96 Å². The Bertz CT molecular complexity index is 1240. The van der Waals surface area contributed by atoms with Crippen molar-refractivity contribution >= 4 is 35.1 Å². The Hall–Kier alpha value is -3.94. The van der Waals surface area contributed by atoms with Crippen molar-refractivity contribution in [1.29, 1.82) is 0 Å². The van der Waals surface area contributed by atoms with Crippen LogP contribution in [0.3, 0.4) is 0 Å². The van der Waals surface area contributed by atoms with E-state index in [-0.39, 0.29) is 12.3 Å². The van der Waals surface area contributed by atoms with Crippen LogP contribution >= 0.6 is 0 Å². The zero-order valence-corrected chi connectivity index (χ0v) is 19.0. The molecule has 3 aliphatic heterocycles. The van der Waals surface area contributed by atoms with Crippen LogP contribution in [-0.4, -0.2) is 64.2 Å². The maximum Gasteiger partial charge on any atom is 0.328 e. The second kappa shape index (κ2) is 7.58. The van der Waals surface area contributed by atoms with Crippen molar-refractivity contribution < 1.29 is 14.4 Å². The van der Waals surface area contributed by atoms with Crippen LogP contribution in [0.4, 0.5) is 10.5 Å². The summed E-state index contributed by atoms with van der Waals surface area (Å²) in [6, 6.07) is 14.9. The van der Waals surface area contributed by atoms with Gasteiger partial charge in [-0.2, -0.15) is 0 Å². The van der Waals surface area contributed by atoms with Crippen LogP contribution in [0, 0.1) is 13.8 Å². The lowest BCUT2D eigenvalue weighted by atomic mass is 10.1. The number of fused-ring (bicyclic) bond motifs is 3. The van der Waals surface area contributed by atoms with E-state index in [1.54, 1.807) is 7.05 Å². The van der Waals surface area contributed by atoms with Gasteiger partial charge in [-0.15, -0.1) is 0 Å². The minimum absolute atomic E-state index is 0.246. The van der Waals surface area contributed by atoms with Crippen LogP contribution in [0.15, 0.2) is 59.7 Å². The third-order valence-electron chi connectivity index (χ3n) is 6.26. The number of hydrogen-bond acceptors (Lipinski definition) is 6. The molecule has 0 N–H and O–H groups in total. The molecule has 0 radical (unpaired) electrons. The summed E-state index contributed by atoms with van der Waals surface area (Å²) < 4.78 is 0. The number of rotatable bonds is 4. The molecule has 0 saturated carbocycles. The van der Waals surface area contributed by atoms with E-state index in [1.165, 1.54) is 11.8 Å². The van der Waals surface area contributed by atoms with Crippen molar-refractivity contribution in [3.05, 3.63) is 71.4 Å². The number of benzene rings is 2. The Labute approximate surface area is 192 Å². The van der Waals surface area contributed by atoms with Crippen LogP contribution in [0.1, 0.15) is 23.6 Å². The molecule has 1 saturated heterocycles. The number of urea groups is 1. The number of guanidine groups is 1. The Morgan fingerprint density at radius 1 is 1.06 bits per heavy atom. The average molecular weight is 444 g/mol. The molecule has 2 aromatic carbocycles. The normalized spacial score (nSPS) is 21.8. The highest BCUT2D eigenvalue weighted by molar-refractivity contribution is 6.16. The molecule has 8 nitrogen and oxygen atoms in total. The van der Waals surface area contributed by atoms with E-state index in [9.17, 15) is 14.4 Å². The van der Waals surface area contributed by atoms with Crippen molar-refractivity contribution in [2.24, 2.45) is 4.99 Å². The van der Waals surface area contributed by atoms with Gasteiger partial charge in [-0.3, -0.25) is 24.3 Å². The molecule has 0 aliphatic carbocycles. The van der Waals surface area contributed by atoms with Crippen molar-refractivity contribution in [1.82, 2.24) is 14.7 Å². The number of hydrogen-bond donors (Lipinski definition) is 0. The summed E-state index contributed by atoms with van der Waals surface area (Å²) >= 11 is 0. The fourth-order valence-corrected chi connectivity index (χ4v) is 4.71. The first-order valence-electron chi connectivity index (χ1n) is 10.9. The molecule has 0 spiro atoms. The fraction of sp³-hybridized carbons (Fsp3) is 0.280. The van der Waals surface area contributed by atoms with Gasteiger partial charge in [-0.25, -0.2) is 9.79 Å². The van der Waals surface area contributed by atoms with Crippen LogP contribution < -0.4 is 4.90 Å². The lowest BCUT2D eigenvalue weighted by Crippen LogP contribution is -2.64. The monoisotopic (exact) mass is 443 g/mol. The van der Waals surface area contributed by atoms with Crippen LogP contribution in [-0.2, 0) is 9.59 Å². The fourth-order valence-electron chi connectivity index (χ4n) is 4.71. The maximum absolute atomic E-state index is 13.4. The SMILES string of the molecule is CC(=O)CN1C(=O)C2C(N=C3N(c4ccc(C)cc4C)C(c4ccccc4)=CN32)N(C)C1=O. The number of Topliss-reactive ketones (excluding diaryl/α,β-unsaturated/α-hetero) is 1. The highest BCUT2D eigenvalue weighted by atomic mass is 16.2. The molecule has 3 heterocycles. The van der Waals surface area contributed by atoms with E-state index in [1.807, 2.05) is 72.3 Å². The first-order chi connectivity index (χ1) is 15.8. The molecule has 0 aromatic heterocycles. The highest BCUT2D eigenvalue weighted by Gasteiger charge is 2.55. The van der Waals surface area contributed by atoms with Gasteiger partial charge in [0.25, 0.3) is 5.91 Å². The average Bonchev–Trinajstić information content (AvgIpc) is 3.32. The molecular weight excluding hydrogens is 418 g/mol. The van der Waals surface area contributed by atoms with Gasteiger partial charge in [-0.1, -0.05) is 48.0 Å². The van der Waals surface area contributed by atoms with Gasteiger partial charge < -0.3 is 4.90 Å². The minimum atomic E-state index is -0.725. The third-order valence-corrected chi connectivity index (χ3v) is 6.26.